The molecule has 2 nitrogen and oxygen atoms in total. The number of ether oxygens (including phenoxy) is 1. The van der Waals surface area contributed by atoms with Crippen molar-refractivity contribution in [2.24, 2.45) is 0 Å². The summed E-state index contributed by atoms with van der Waals surface area (Å²) in [6, 6.07) is 0. The molecule has 0 bridgehead atoms. The molecule has 2 heteroatoms. The lowest BCUT2D eigenvalue weighted by Gasteiger charge is -2.07. The lowest BCUT2D eigenvalue weighted by molar-refractivity contribution is -0.118. The highest BCUT2D eigenvalue weighted by atomic mass is 16.5. The van der Waals surface area contributed by atoms with Crippen molar-refractivity contribution in [2.45, 2.75) is 58.0 Å². The Hall–Kier alpha value is -0.370. The summed E-state index contributed by atoms with van der Waals surface area (Å²) in [6.07, 6.45) is 7.75. The van der Waals surface area contributed by atoms with Gasteiger partial charge in [0.25, 0.3) is 0 Å². The number of carbonyl (C=O) groups is 1. The SMILES string of the molecule is CCC(=O)CCCCC1CCCO1. The minimum absolute atomic E-state index is 0.396. The second-order valence-corrected chi connectivity index (χ2v) is 3.77. The van der Waals surface area contributed by atoms with Gasteiger partial charge in [-0.25, -0.2) is 0 Å². The number of rotatable bonds is 6. The second kappa shape index (κ2) is 6.14. The Labute approximate surface area is 80.7 Å². The van der Waals surface area contributed by atoms with Crippen LogP contribution in [-0.4, -0.2) is 18.5 Å². The molecule has 1 aliphatic rings. The van der Waals surface area contributed by atoms with Crippen LogP contribution >= 0.6 is 0 Å². The minimum atomic E-state index is 0.396. The highest BCUT2D eigenvalue weighted by Gasteiger charge is 2.14. The average Bonchev–Trinajstić information content (AvgIpc) is 2.64. The Kier molecular flexibility index (Phi) is 5.06. The van der Waals surface area contributed by atoms with Crippen molar-refractivity contribution in [1.82, 2.24) is 0 Å². The zero-order valence-corrected chi connectivity index (χ0v) is 8.55. The van der Waals surface area contributed by atoms with E-state index in [0.29, 0.717) is 18.3 Å². The third-order valence-electron chi connectivity index (χ3n) is 2.65. The van der Waals surface area contributed by atoms with Gasteiger partial charge in [-0.15, -0.1) is 0 Å². The van der Waals surface area contributed by atoms with E-state index in [2.05, 4.69) is 0 Å². The van der Waals surface area contributed by atoms with Crippen LogP contribution in [0.5, 0.6) is 0 Å². The highest BCUT2D eigenvalue weighted by molar-refractivity contribution is 5.77. The van der Waals surface area contributed by atoms with Crippen LogP contribution in [0.4, 0.5) is 0 Å². The molecule has 0 radical (unpaired) electrons. The van der Waals surface area contributed by atoms with Crippen LogP contribution in [0.15, 0.2) is 0 Å². The second-order valence-electron chi connectivity index (χ2n) is 3.77. The lowest BCUT2D eigenvalue weighted by Crippen LogP contribution is -2.04. The molecular weight excluding hydrogens is 164 g/mol. The smallest absolute Gasteiger partial charge is 0.132 e. The summed E-state index contributed by atoms with van der Waals surface area (Å²) in [5.74, 6) is 0.396. The van der Waals surface area contributed by atoms with Crippen molar-refractivity contribution < 1.29 is 9.53 Å². The van der Waals surface area contributed by atoms with E-state index < -0.39 is 0 Å². The molecule has 1 fully saturated rings. The van der Waals surface area contributed by atoms with Crippen LogP contribution < -0.4 is 0 Å². The van der Waals surface area contributed by atoms with Gasteiger partial charge in [0.2, 0.25) is 0 Å². The van der Waals surface area contributed by atoms with E-state index in [1.54, 1.807) is 0 Å². The maximum atomic E-state index is 11.0. The Morgan fingerprint density at radius 3 is 2.92 bits per heavy atom. The van der Waals surface area contributed by atoms with Gasteiger partial charge in [0.05, 0.1) is 6.10 Å². The van der Waals surface area contributed by atoms with E-state index in [4.69, 9.17) is 4.74 Å². The van der Waals surface area contributed by atoms with Crippen LogP contribution in [0.2, 0.25) is 0 Å². The van der Waals surface area contributed by atoms with Crippen LogP contribution in [0.3, 0.4) is 0 Å². The zero-order chi connectivity index (χ0) is 9.52. The van der Waals surface area contributed by atoms with Crippen molar-refractivity contribution in [3.8, 4) is 0 Å². The van der Waals surface area contributed by atoms with Crippen molar-refractivity contribution in [2.75, 3.05) is 6.61 Å². The topological polar surface area (TPSA) is 26.3 Å². The Bertz CT molecular complexity index is 148. The molecule has 1 rings (SSSR count). The van der Waals surface area contributed by atoms with Gasteiger partial charge in [-0.05, 0) is 25.7 Å². The summed E-state index contributed by atoms with van der Waals surface area (Å²) in [6.45, 7) is 2.88. The molecule has 1 atom stereocenters. The minimum Gasteiger partial charge on any atom is -0.378 e. The highest BCUT2D eigenvalue weighted by Crippen LogP contribution is 2.18. The summed E-state index contributed by atoms with van der Waals surface area (Å²) >= 11 is 0. The fourth-order valence-corrected chi connectivity index (χ4v) is 1.74. The normalized spacial score (nSPS) is 22.1. The maximum absolute atomic E-state index is 11.0. The number of ketones is 1. The van der Waals surface area contributed by atoms with Crippen LogP contribution in [0.1, 0.15) is 51.9 Å². The first-order chi connectivity index (χ1) is 6.33. The predicted octanol–water partition coefficient (Wildman–Crippen LogP) is 2.70. The molecule has 1 unspecified atom stereocenters. The van der Waals surface area contributed by atoms with Crippen LogP contribution in [-0.2, 0) is 9.53 Å². The molecule has 13 heavy (non-hydrogen) atoms. The molecule has 0 aromatic heterocycles. The van der Waals surface area contributed by atoms with Gasteiger partial charge in [0, 0.05) is 19.4 Å². The van der Waals surface area contributed by atoms with Gasteiger partial charge < -0.3 is 4.74 Å². The quantitative estimate of drug-likeness (QED) is 0.593. The van der Waals surface area contributed by atoms with Crippen molar-refractivity contribution >= 4 is 5.78 Å². The molecule has 0 aliphatic carbocycles. The number of unbranched alkanes of at least 4 members (excludes halogenated alkanes) is 1. The molecule has 0 saturated carbocycles. The zero-order valence-electron chi connectivity index (χ0n) is 8.55. The van der Waals surface area contributed by atoms with E-state index in [0.717, 1.165) is 32.3 Å². The number of carbonyl (C=O) groups excluding carboxylic acids is 1. The first kappa shape index (κ1) is 10.7. The van der Waals surface area contributed by atoms with Gasteiger partial charge in [-0.3, -0.25) is 4.79 Å². The summed E-state index contributed by atoms with van der Waals surface area (Å²) in [7, 11) is 0. The van der Waals surface area contributed by atoms with E-state index in [-0.39, 0.29) is 0 Å². The molecule has 1 heterocycles. The molecule has 1 aliphatic heterocycles. The third kappa shape index (κ3) is 4.41. The van der Waals surface area contributed by atoms with Crippen LogP contribution in [0, 0.1) is 0 Å². The monoisotopic (exact) mass is 184 g/mol. The summed E-state index contributed by atoms with van der Waals surface area (Å²) in [5.41, 5.74) is 0. The Morgan fingerprint density at radius 2 is 2.31 bits per heavy atom. The summed E-state index contributed by atoms with van der Waals surface area (Å²) in [5, 5.41) is 0. The van der Waals surface area contributed by atoms with Gasteiger partial charge >= 0.3 is 0 Å². The molecule has 0 spiro atoms. The Morgan fingerprint density at radius 1 is 1.46 bits per heavy atom. The molecule has 0 aromatic carbocycles. The van der Waals surface area contributed by atoms with E-state index in [1.807, 2.05) is 6.92 Å². The number of hydrogen-bond acceptors (Lipinski definition) is 2. The van der Waals surface area contributed by atoms with Crippen molar-refractivity contribution in [3.05, 3.63) is 0 Å². The molecule has 1 saturated heterocycles. The molecule has 76 valence electrons. The van der Waals surface area contributed by atoms with E-state index >= 15 is 0 Å². The largest absolute Gasteiger partial charge is 0.378 e. The standard InChI is InChI=1S/C11H20O2/c1-2-10(12)6-3-4-7-11-8-5-9-13-11/h11H,2-9H2,1H3. The summed E-state index contributed by atoms with van der Waals surface area (Å²) < 4.78 is 5.50. The first-order valence-corrected chi connectivity index (χ1v) is 5.46. The lowest BCUT2D eigenvalue weighted by atomic mass is 10.1. The fourth-order valence-electron chi connectivity index (χ4n) is 1.74. The molecule has 0 aromatic rings. The van der Waals surface area contributed by atoms with E-state index in [1.165, 1.54) is 12.8 Å². The first-order valence-electron chi connectivity index (χ1n) is 5.46. The molecule has 0 N–H and O–H groups in total. The van der Waals surface area contributed by atoms with Crippen LogP contribution in [0.25, 0.3) is 0 Å². The van der Waals surface area contributed by atoms with Crippen molar-refractivity contribution in [3.63, 3.8) is 0 Å². The van der Waals surface area contributed by atoms with Gasteiger partial charge in [-0.1, -0.05) is 13.3 Å². The number of Topliss-reactive ketones (excluding diaryl/α,β-unsaturated/α-hetero) is 1. The third-order valence-corrected chi connectivity index (χ3v) is 2.65. The summed E-state index contributed by atoms with van der Waals surface area (Å²) in [4.78, 5) is 11.0. The maximum Gasteiger partial charge on any atom is 0.132 e. The average molecular weight is 184 g/mol. The molecular formula is C11H20O2. The predicted molar refractivity (Wildman–Crippen MR) is 52.7 cm³/mol. The number of hydrogen-bond donors (Lipinski definition) is 0. The molecule has 0 amide bonds. The van der Waals surface area contributed by atoms with Crippen molar-refractivity contribution in [1.29, 1.82) is 0 Å². The fraction of sp³-hybridized carbons (Fsp3) is 0.909. The van der Waals surface area contributed by atoms with Gasteiger partial charge in [0.1, 0.15) is 5.78 Å². The Balaban J connectivity index is 1.91. The van der Waals surface area contributed by atoms with Gasteiger partial charge in [-0.2, -0.15) is 0 Å². The van der Waals surface area contributed by atoms with Gasteiger partial charge in [0.15, 0.2) is 0 Å². The van der Waals surface area contributed by atoms with E-state index in [9.17, 15) is 4.79 Å².